The van der Waals surface area contributed by atoms with Crippen LogP contribution in [-0.2, 0) is 22.9 Å². The zero-order valence-corrected chi connectivity index (χ0v) is 20.0. The molecule has 6 nitrogen and oxygen atoms in total. The molecular formula is C26H29N3O3S. The van der Waals surface area contributed by atoms with E-state index in [1.165, 1.54) is 0 Å². The maximum atomic E-state index is 13.8. The molecule has 2 aromatic carbocycles. The normalized spacial score (nSPS) is 16.8. The third-order valence-corrected chi connectivity index (χ3v) is 8.82. The average molecular weight is 464 g/mol. The van der Waals surface area contributed by atoms with E-state index in [-0.39, 0.29) is 5.91 Å². The van der Waals surface area contributed by atoms with Crippen LogP contribution >= 0.6 is 0 Å². The van der Waals surface area contributed by atoms with Crippen LogP contribution in [0.15, 0.2) is 47.4 Å². The smallest absolute Gasteiger partial charge is 0.259 e. The van der Waals surface area contributed by atoms with Crippen LogP contribution in [0.5, 0.6) is 0 Å². The molecule has 2 aliphatic rings. The van der Waals surface area contributed by atoms with Crippen LogP contribution in [0.3, 0.4) is 0 Å². The van der Waals surface area contributed by atoms with Gasteiger partial charge in [-0.25, -0.2) is 8.42 Å². The summed E-state index contributed by atoms with van der Waals surface area (Å²) in [6.07, 6.45) is 4.30. The van der Waals surface area contributed by atoms with Crippen LogP contribution in [0.1, 0.15) is 53.4 Å². The number of benzene rings is 2. The summed E-state index contributed by atoms with van der Waals surface area (Å²) in [7, 11) is -3.50. The first-order valence-electron chi connectivity index (χ1n) is 11.7. The molecule has 1 saturated heterocycles. The van der Waals surface area contributed by atoms with Gasteiger partial charge in [-0.05, 0) is 68.0 Å². The van der Waals surface area contributed by atoms with Crippen molar-refractivity contribution >= 4 is 32.5 Å². The Balaban J connectivity index is 1.52. The number of piperidine rings is 1. The summed E-state index contributed by atoms with van der Waals surface area (Å²) in [5.41, 5.74) is 5.07. The third kappa shape index (κ3) is 3.73. The number of pyridine rings is 1. The first kappa shape index (κ1) is 22.0. The van der Waals surface area contributed by atoms with Gasteiger partial charge < -0.3 is 4.90 Å². The number of hydrogen-bond donors (Lipinski definition) is 0. The second-order valence-corrected chi connectivity index (χ2v) is 10.8. The molecule has 1 aromatic heterocycles. The van der Waals surface area contributed by atoms with Gasteiger partial charge >= 0.3 is 0 Å². The Kier molecular flexibility index (Phi) is 5.70. The van der Waals surface area contributed by atoms with Gasteiger partial charge in [0.2, 0.25) is 10.0 Å². The van der Waals surface area contributed by atoms with E-state index in [2.05, 4.69) is 0 Å². The van der Waals surface area contributed by atoms with Crippen LogP contribution in [0.4, 0.5) is 5.69 Å². The Bertz CT molecular complexity index is 1340. The van der Waals surface area contributed by atoms with Crippen molar-refractivity contribution < 1.29 is 13.2 Å². The van der Waals surface area contributed by atoms with Crippen LogP contribution in [0.25, 0.3) is 10.9 Å². The molecule has 33 heavy (non-hydrogen) atoms. The summed E-state index contributed by atoms with van der Waals surface area (Å²) in [6.45, 7) is 5.72. The number of hydrogen-bond acceptors (Lipinski definition) is 4. The van der Waals surface area contributed by atoms with Crippen LogP contribution < -0.4 is 4.90 Å². The SMILES string of the molecule is CCc1nc2ccccc2c(C(=O)N2CCc3cc(S(=O)(=O)N4CCCCC4)ccc32)c1C. The molecule has 5 rings (SSSR count). The predicted molar refractivity (Wildman–Crippen MR) is 130 cm³/mol. The topological polar surface area (TPSA) is 70.6 Å². The van der Waals surface area contributed by atoms with Crippen molar-refractivity contribution in [3.05, 3.63) is 64.8 Å². The van der Waals surface area contributed by atoms with E-state index < -0.39 is 10.0 Å². The molecule has 7 heteroatoms. The van der Waals surface area contributed by atoms with Crippen molar-refractivity contribution in [1.29, 1.82) is 0 Å². The number of aromatic nitrogens is 1. The molecule has 0 spiro atoms. The minimum Gasteiger partial charge on any atom is -0.308 e. The molecule has 172 valence electrons. The minimum atomic E-state index is -3.50. The van der Waals surface area contributed by atoms with Gasteiger partial charge in [0, 0.05) is 36.4 Å². The molecule has 1 fully saturated rings. The summed E-state index contributed by atoms with van der Waals surface area (Å²) in [5, 5.41) is 0.856. The van der Waals surface area contributed by atoms with Gasteiger partial charge in [-0.3, -0.25) is 9.78 Å². The minimum absolute atomic E-state index is 0.0498. The molecule has 3 aromatic rings. The van der Waals surface area contributed by atoms with E-state index in [1.807, 2.05) is 38.1 Å². The molecule has 0 aliphatic carbocycles. The molecule has 3 heterocycles. The Hall–Kier alpha value is -2.77. The number of carbonyl (C=O) groups excluding carboxylic acids is 1. The molecule has 0 N–H and O–H groups in total. The molecule has 2 aliphatic heterocycles. The van der Waals surface area contributed by atoms with Crippen molar-refractivity contribution in [1.82, 2.24) is 9.29 Å². The van der Waals surface area contributed by atoms with Gasteiger partial charge in [0.25, 0.3) is 5.91 Å². The van der Waals surface area contributed by atoms with Gasteiger partial charge in [-0.15, -0.1) is 0 Å². The number of para-hydroxylation sites is 1. The van der Waals surface area contributed by atoms with Crippen molar-refractivity contribution in [3.8, 4) is 0 Å². The largest absolute Gasteiger partial charge is 0.308 e. The maximum Gasteiger partial charge on any atom is 0.259 e. The average Bonchev–Trinajstić information content (AvgIpc) is 3.27. The quantitative estimate of drug-likeness (QED) is 0.572. The summed E-state index contributed by atoms with van der Waals surface area (Å²) in [4.78, 5) is 20.7. The highest BCUT2D eigenvalue weighted by Gasteiger charge is 2.31. The Labute approximate surface area is 195 Å². The predicted octanol–water partition coefficient (Wildman–Crippen LogP) is 4.48. The van der Waals surface area contributed by atoms with Gasteiger partial charge in [0.15, 0.2) is 0 Å². The fourth-order valence-corrected chi connectivity index (χ4v) is 6.68. The lowest BCUT2D eigenvalue weighted by Crippen LogP contribution is -2.35. The molecule has 0 saturated carbocycles. The van der Waals surface area contributed by atoms with Crippen LogP contribution in [0, 0.1) is 6.92 Å². The van der Waals surface area contributed by atoms with E-state index in [0.717, 1.165) is 59.1 Å². The first-order chi connectivity index (χ1) is 15.9. The van der Waals surface area contributed by atoms with Gasteiger partial charge in [0.1, 0.15) is 0 Å². The Morgan fingerprint density at radius 1 is 1.03 bits per heavy atom. The highest BCUT2D eigenvalue weighted by Crippen LogP contribution is 2.34. The molecule has 0 bridgehead atoms. The number of sulfonamides is 1. The molecule has 0 unspecified atom stereocenters. The van der Waals surface area contributed by atoms with Gasteiger partial charge in [-0.2, -0.15) is 4.31 Å². The summed E-state index contributed by atoms with van der Waals surface area (Å²) >= 11 is 0. The highest BCUT2D eigenvalue weighted by molar-refractivity contribution is 7.89. The lowest BCUT2D eigenvalue weighted by molar-refractivity contribution is 0.0990. The summed E-state index contributed by atoms with van der Waals surface area (Å²) in [6, 6.07) is 13.0. The zero-order chi connectivity index (χ0) is 23.2. The summed E-state index contributed by atoms with van der Waals surface area (Å²) in [5.74, 6) is -0.0498. The molecule has 0 atom stereocenters. The standard InChI is InChI=1S/C26H29N3O3S/c1-3-22-18(2)25(21-9-5-6-10-23(21)27-22)26(30)29-16-13-19-17-20(11-12-24(19)29)33(31,32)28-14-7-4-8-15-28/h5-6,9-12,17H,3-4,7-8,13-16H2,1-2H3. The van der Waals surface area contributed by atoms with Crippen molar-refractivity contribution in [2.24, 2.45) is 0 Å². The van der Waals surface area contributed by atoms with Crippen molar-refractivity contribution in [3.63, 3.8) is 0 Å². The lowest BCUT2D eigenvalue weighted by atomic mass is 9.99. The zero-order valence-electron chi connectivity index (χ0n) is 19.2. The van der Waals surface area contributed by atoms with Crippen LogP contribution in [0.2, 0.25) is 0 Å². The van der Waals surface area contributed by atoms with Crippen molar-refractivity contribution in [2.75, 3.05) is 24.5 Å². The van der Waals surface area contributed by atoms with Gasteiger partial charge in [-0.1, -0.05) is 31.5 Å². The molecular weight excluding hydrogens is 434 g/mol. The molecule has 1 amide bonds. The number of rotatable bonds is 4. The monoisotopic (exact) mass is 463 g/mol. The second kappa shape index (κ2) is 8.54. The number of anilines is 1. The maximum absolute atomic E-state index is 13.8. The molecule has 0 radical (unpaired) electrons. The van der Waals surface area contributed by atoms with E-state index in [0.29, 0.717) is 36.5 Å². The summed E-state index contributed by atoms with van der Waals surface area (Å²) < 4.78 is 27.8. The number of aryl methyl sites for hydroxylation is 1. The second-order valence-electron chi connectivity index (χ2n) is 8.89. The van der Waals surface area contributed by atoms with E-state index in [9.17, 15) is 13.2 Å². The lowest BCUT2D eigenvalue weighted by Gasteiger charge is -2.26. The van der Waals surface area contributed by atoms with Gasteiger partial charge in [0.05, 0.1) is 16.0 Å². The fourth-order valence-electron chi connectivity index (χ4n) is 5.12. The Morgan fingerprint density at radius 3 is 2.55 bits per heavy atom. The number of amides is 1. The Morgan fingerprint density at radius 2 is 1.79 bits per heavy atom. The number of nitrogens with zero attached hydrogens (tertiary/aromatic N) is 3. The highest BCUT2D eigenvalue weighted by atomic mass is 32.2. The van der Waals surface area contributed by atoms with Crippen LogP contribution in [-0.4, -0.2) is 43.2 Å². The van der Waals surface area contributed by atoms with E-state index in [1.54, 1.807) is 27.4 Å². The van der Waals surface area contributed by atoms with E-state index >= 15 is 0 Å². The van der Waals surface area contributed by atoms with E-state index in [4.69, 9.17) is 4.98 Å². The fraction of sp³-hybridized carbons (Fsp3) is 0.385. The van der Waals surface area contributed by atoms with Crippen molar-refractivity contribution in [2.45, 2.75) is 50.8 Å². The number of carbonyl (C=O) groups is 1. The first-order valence-corrected chi connectivity index (χ1v) is 13.2. The third-order valence-electron chi connectivity index (χ3n) is 6.93. The number of fused-ring (bicyclic) bond motifs is 2.